The van der Waals surface area contributed by atoms with E-state index in [1.807, 2.05) is 23.1 Å². The van der Waals surface area contributed by atoms with Crippen LogP contribution in [0.3, 0.4) is 0 Å². The van der Waals surface area contributed by atoms with E-state index in [-0.39, 0.29) is 0 Å². The molecule has 130 valence electrons. The molecule has 1 amide bonds. The molecule has 1 aromatic carbocycles. The molecule has 0 saturated heterocycles. The van der Waals surface area contributed by atoms with Gasteiger partial charge in [0.25, 0.3) is 0 Å². The van der Waals surface area contributed by atoms with Crippen molar-refractivity contribution in [2.75, 3.05) is 6.54 Å². The summed E-state index contributed by atoms with van der Waals surface area (Å²) in [6, 6.07) is 10.2. The van der Waals surface area contributed by atoms with Gasteiger partial charge in [0.05, 0.1) is 6.54 Å². The first kappa shape index (κ1) is 15.1. The molecule has 2 aromatic rings. The van der Waals surface area contributed by atoms with E-state index >= 15 is 0 Å². The predicted octanol–water partition coefficient (Wildman–Crippen LogP) is 3.11. The fourth-order valence-corrected chi connectivity index (χ4v) is 5.15. The quantitative estimate of drug-likeness (QED) is 0.865. The van der Waals surface area contributed by atoms with Crippen LogP contribution >= 0.6 is 0 Å². The number of carbonyl (C=O) groups excluding carboxylic acids is 1. The highest BCUT2D eigenvalue weighted by molar-refractivity contribution is 5.76. The Labute approximate surface area is 148 Å². The van der Waals surface area contributed by atoms with Gasteiger partial charge in [-0.25, -0.2) is 0 Å². The Bertz CT molecular complexity index is 784. The molecule has 5 rings (SSSR count). The van der Waals surface area contributed by atoms with E-state index in [2.05, 4.69) is 26.9 Å². The number of aromatic nitrogens is 3. The molecule has 5 heteroatoms. The number of nitrogens with zero attached hydrogens (tertiary/aromatic N) is 4. The lowest BCUT2D eigenvalue weighted by molar-refractivity contribution is -0.134. The van der Waals surface area contributed by atoms with Crippen LogP contribution in [0.5, 0.6) is 0 Å². The molecular weight excluding hydrogens is 312 g/mol. The lowest BCUT2D eigenvalue weighted by atomic mass is 9.86. The second-order valence-corrected chi connectivity index (χ2v) is 7.91. The maximum Gasteiger partial charge on any atom is 0.223 e. The highest BCUT2D eigenvalue weighted by atomic mass is 16.2. The zero-order valence-corrected chi connectivity index (χ0v) is 14.5. The van der Waals surface area contributed by atoms with Crippen molar-refractivity contribution in [3.8, 4) is 11.4 Å². The zero-order chi connectivity index (χ0) is 16.8. The summed E-state index contributed by atoms with van der Waals surface area (Å²) in [5.74, 6) is 4.48. The number of benzene rings is 1. The molecule has 2 bridgehead atoms. The number of fused-ring (bicyclic) bond motifs is 3. The van der Waals surface area contributed by atoms with Crippen molar-refractivity contribution in [3.63, 3.8) is 0 Å². The van der Waals surface area contributed by atoms with Gasteiger partial charge in [-0.1, -0.05) is 36.8 Å². The maximum atomic E-state index is 12.8. The highest BCUT2D eigenvalue weighted by Gasteiger charge is 2.41. The van der Waals surface area contributed by atoms with Gasteiger partial charge >= 0.3 is 0 Å². The third-order valence-electron chi connectivity index (χ3n) is 6.46. The molecule has 0 N–H and O–H groups in total. The first-order chi connectivity index (χ1) is 12.3. The number of amides is 1. The molecule has 0 unspecified atom stereocenters. The van der Waals surface area contributed by atoms with Gasteiger partial charge in [-0.2, -0.15) is 0 Å². The fourth-order valence-electron chi connectivity index (χ4n) is 5.15. The van der Waals surface area contributed by atoms with Gasteiger partial charge < -0.3 is 9.47 Å². The summed E-state index contributed by atoms with van der Waals surface area (Å²) in [5.41, 5.74) is 1.09. The van der Waals surface area contributed by atoms with E-state index in [0.29, 0.717) is 18.4 Å². The largest absolute Gasteiger partial charge is 0.333 e. The fraction of sp³-hybridized carbons (Fsp3) is 0.550. The molecule has 2 aliphatic carbocycles. The molecular formula is C20H24N4O. The van der Waals surface area contributed by atoms with Crippen LogP contribution in [0.15, 0.2) is 30.3 Å². The Hall–Kier alpha value is -2.17. The first-order valence-corrected chi connectivity index (χ1v) is 9.53. The SMILES string of the molecule is O=C(C[C@H]1C[C@@H]2CC[C@@H]1C2)N1CCn2c(nnc2-c2ccccc2)C1. The average Bonchev–Trinajstić information content (AvgIpc) is 3.37. The lowest BCUT2D eigenvalue weighted by Gasteiger charge is -2.30. The Kier molecular flexibility index (Phi) is 3.61. The molecule has 3 atom stereocenters. The normalized spacial score (nSPS) is 27.5. The summed E-state index contributed by atoms with van der Waals surface area (Å²) in [6.07, 6.45) is 6.12. The van der Waals surface area contributed by atoms with Crippen molar-refractivity contribution in [1.29, 1.82) is 0 Å². The molecule has 2 heterocycles. The van der Waals surface area contributed by atoms with Gasteiger partial charge in [-0.15, -0.1) is 10.2 Å². The second kappa shape index (κ2) is 5.97. The predicted molar refractivity (Wildman–Crippen MR) is 94.4 cm³/mol. The third kappa shape index (κ3) is 2.66. The Morgan fingerprint density at radius 2 is 1.96 bits per heavy atom. The van der Waals surface area contributed by atoms with E-state index in [4.69, 9.17) is 0 Å². The topological polar surface area (TPSA) is 51.0 Å². The smallest absolute Gasteiger partial charge is 0.223 e. The van der Waals surface area contributed by atoms with E-state index in [0.717, 1.165) is 48.6 Å². The van der Waals surface area contributed by atoms with Crippen molar-refractivity contribution >= 4 is 5.91 Å². The maximum absolute atomic E-state index is 12.8. The minimum absolute atomic E-state index is 0.313. The van der Waals surface area contributed by atoms with Crippen LogP contribution in [0.4, 0.5) is 0 Å². The van der Waals surface area contributed by atoms with Gasteiger partial charge in [0.1, 0.15) is 0 Å². The minimum atomic E-state index is 0.313. The molecule has 5 nitrogen and oxygen atoms in total. The van der Waals surface area contributed by atoms with Crippen molar-refractivity contribution in [2.24, 2.45) is 17.8 Å². The summed E-state index contributed by atoms with van der Waals surface area (Å²) in [7, 11) is 0. The van der Waals surface area contributed by atoms with Crippen LogP contribution in [0, 0.1) is 17.8 Å². The van der Waals surface area contributed by atoms with Crippen molar-refractivity contribution in [1.82, 2.24) is 19.7 Å². The summed E-state index contributed by atoms with van der Waals surface area (Å²) >= 11 is 0. The van der Waals surface area contributed by atoms with Crippen LogP contribution in [0.25, 0.3) is 11.4 Å². The lowest BCUT2D eigenvalue weighted by Crippen LogP contribution is -2.39. The van der Waals surface area contributed by atoms with Gasteiger partial charge in [0.2, 0.25) is 5.91 Å². The molecule has 2 saturated carbocycles. The monoisotopic (exact) mass is 336 g/mol. The van der Waals surface area contributed by atoms with E-state index < -0.39 is 0 Å². The van der Waals surface area contributed by atoms with E-state index in [9.17, 15) is 4.79 Å². The number of hydrogen-bond donors (Lipinski definition) is 0. The highest BCUT2D eigenvalue weighted by Crippen LogP contribution is 2.49. The van der Waals surface area contributed by atoms with Crippen molar-refractivity contribution in [2.45, 2.75) is 45.2 Å². The summed E-state index contributed by atoms with van der Waals surface area (Å²) in [5, 5.41) is 8.73. The minimum Gasteiger partial charge on any atom is -0.333 e. The molecule has 2 fully saturated rings. The van der Waals surface area contributed by atoms with Gasteiger partial charge in [0.15, 0.2) is 11.6 Å². The average molecular weight is 336 g/mol. The van der Waals surface area contributed by atoms with Gasteiger partial charge in [-0.05, 0) is 37.0 Å². The van der Waals surface area contributed by atoms with Crippen LogP contribution in [0.1, 0.15) is 37.9 Å². The van der Waals surface area contributed by atoms with Crippen LogP contribution in [-0.2, 0) is 17.9 Å². The van der Waals surface area contributed by atoms with Crippen molar-refractivity contribution in [3.05, 3.63) is 36.2 Å². The second-order valence-electron chi connectivity index (χ2n) is 7.91. The standard InChI is InChI=1S/C20H24N4O/c25-19(12-17-11-14-6-7-16(17)10-14)23-8-9-24-18(13-23)21-22-20(24)15-4-2-1-3-5-15/h1-5,14,16-17H,6-13H2/t14-,16-,17-/m1/s1. The van der Waals surface area contributed by atoms with Gasteiger partial charge in [0, 0.05) is 25.1 Å². The molecule has 1 aliphatic heterocycles. The van der Waals surface area contributed by atoms with Crippen LogP contribution in [-0.4, -0.2) is 32.1 Å². The molecule has 0 spiro atoms. The summed E-state index contributed by atoms with van der Waals surface area (Å²) in [4.78, 5) is 14.8. The van der Waals surface area contributed by atoms with Crippen molar-refractivity contribution < 1.29 is 4.79 Å². The Balaban J connectivity index is 1.28. The first-order valence-electron chi connectivity index (χ1n) is 9.53. The molecule has 25 heavy (non-hydrogen) atoms. The number of hydrogen-bond acceptors (Lipinski definition) is 3. The number of carbonyl (C=O) groups is 1. The molecule has 1 aromatic heterocycles. The van der Waals surface area contributed by atoms with E-state index in [1.165, 1.54) is 25.7 Å². The Morgan fingerprint density at radius 1 is 1.08 bits per heavy atom. The molecule has 0 radical (unpaired) electrons. The zero-order valence-electron chi connectivity index (χ0n) is 14.5. The van der Waals surface area contributed by atoms with E-state index in [1.54, 1.807) is 0 Å². The third-order valence-corrected chi connectivity index (χ3v) is 6.46. The van der Waals surface area contributed by atoms with Crippen LogP contribution < -0.4 is 0 Å². The molecule has 3 aliphatic rings. The van der Waals surface area contributed by atoms with Gasteiger partial charge in [-0.3, -0.25) is 4.79 Å². The summed E-state index contributed by atoms with van der Waals surface area (Å²) < 4.78 is 2.16. The summed E-state index contributed by atoms with van der Waals surface area (Å²) in [6.45, 7) is 2.15. The van der Waals surface area contributed by atoms with Crippen LogP contribution in [0.2, 0.25) is 0 Å². The number of rotatable bonds is 3. The Morgan fingerprint density at radius 3 is 2.72 bits per heavy atom.